The molecule has 5 aliphatic heterocycles. The van der Waals surface area contributed by atoms with Gasteiger partial charge < -0.3 is 28.7 Å². The van der Waals surface area contributed by atoms with E-state index in [0.717, 1.165) is 37.2 Å². The van der Waals surface area contributed by atoms with E-state index in [1.54, 1.807) is 0 Å². The fourth-order valence-electron chi connectivity index (χ4n) is 8.58. The lowest BCUT2D eigenvalue weighted by Gasteiger charge is -2.61. The molecule has 2 aromatic rings. The molecule has 50 heavy (non-hydrogen) atoms. The van der Waals surface area contributed by atoms with Crippen molar-refractivity contribution in [3.8, 4) is 23.0 Å². The van der Waals surface area contributed by atoms with Crippen molar-refractivity contribution >= 4 is 11.8 Å². The summed E-state index contributed by atoms with van der Waals surface area (Å²) in [4.78, 5) is 32.3. The maximum Gasteiger partial charge on any atom is 0.234 e. The average Bonchev–Trinajstić information content (AvgIpc) is 3.13. The molecule has 0 aromatic heterocycles. The second kappa shape index (κ2) is 18.2. The number of hydrogen-bond acceptors (Lipinski definition) is 6. The van der Waals surface area contributed by atoms with Gasteiger partial charge in [-0.2, -0.15) is 0 Å². The van der Waals surface area contributed by atoms with Crippen LogP contribution in [0.1, 0.15) is 117 Å². The van der Waals surface area contributed by atoms with Crippen LogP contribution < -0.4 is 18.9 Å². The summed E-state index contributed by atoms with van der Waals surface area (Å²) in [6.07, 6.45) is 17.6. The van der Waals surface area contributed by atoms with Crippen LogP contribution >= 0.6 is 0 Å². The Morgan fingerprint density at radius 2 is 0.840 bits per heavy atom. The Morgan fingerprint density at radius 3 is 1.20 bits per heavy atom. The predicted molar refractivity (Wildman–Crippen MR) is 198 cm³/mol. The second-order valence-electron chi connectivity index (χ2n) is 15.0. The van der Waals surface area contributed by atoms with E-state index in [9.17, 15) is 9.59 Å². The summed E-state index contributed by atoms with van der Waals surface area (Å²) in [6, 6.07) is 15.0. The van der Waals surface area contributed by atoms with Gasteiger partial charge in [-0.25, -0.2) is 0 Å². The number of hydrogen-bond donors (Lipinski definition) is 0. The van der Waals surface area contributed by atoms with Gasteiger partial charge in [0, 0.05) is 26.2 Å². The number of piperidine rings is 2. The summed E-state index contributed by atoms with van der Waals surface area (Å²) in [7, 11) is 3.73. The minimum absolute atomic E-state index is 0.0629. The fraction of sp³-hybridized carbons (Fsp3) is 0.667. The Balaban J connectivity index is 1.15. The first-order valence-corrected chi connectivity index (χ1v) is 19.6. The highest BCUT2D eigenvalue weighted by Gasteiger charge is 2.66. The lowest BCUT2D eigenvalue weighted by molar-refractivity contribution is -0.192. The molecule has 0 unspecified atom stereocenters. The van der Waals surface area contributed by atoms with Crippen LogP contribution in [0.25, 0.3) is 0 Å². The van der Waals surface area contributed by atoms with E-state index in [2.05, 4.69) is 13.8 Å². The van der Waals surface area contributed by atoms with Gasteiger partial charge in [-0.15, -0.1) is 0 Å². The Hall–Kier alpha value is -3.42. The first-order valence-electron chi connectivity index (χ1n) is 19.6. The van der Waals surface area contributed by atoms with Crippen LogP contribution in [0.3, 0.4) is 0 Å². The molecule has 2 aromatic carbocycles. The molecule has 5 heterocycles. The molecule has 0 spiro atoms. The van der Waals surface area contributed by atoms with Crippen LogP contribution in [-0.4, -0.2) is 74.2 Å². The standard InChI is InChI=1S/C42H62N2O6/c1-5-7-9-11-13-15-29-47-33-17-21-35(22-18-33)49-31-41-27-25-38(44(4)39(41)45)42(28-26-37(41)43(3)40(42)46)32-50-36-23-19-34(20-24-36)48-30-16-14-12-10-8-6-2/h17-24,37-38H,5-16,25-32H2,1-4H3/t37-,38+,41+,42-. The number of unbranched alkanes of at least 4 members (excludes halogenated alkanes) is 10. The van der Waals surface area contributed by atoms with E-state index in [0.29, 0.717) is 37.6 Å². The van der Waals surface area contributed by atoms with Crippen molar-refractivity contribution in [3.05, 3.63) is 48.5 Å². The van der Waals surface area contributed by atoms with Gasteiger partial charge in [0.1, 0.15) is 47.0 Å². The van der Waals surface area contributed by atoms with Crippen LogP contribution in [0.2, 0.25) is 0 Å². The van der Waals surface area contributed by atoms with Crippen LogP contribution in [-0.2, 0) is 9.59 Å². The van der Waals surface area contributed by atoms with E-state index in [-0.39, 0.29) is 37.1 Å². The maximum atomic E-state index is 14.3. The van der Waals surface area contributed by atoms with Crippen molar-refractivity contribution < 1.29 is 28.5 Å². The third-order valence-corrected chi connectivity index (χ3v) is 11.6. The summed E-state index contributed by atoms with van der Waals surface area (Å²) in [5.41, 5.74) is -1.58. The molecule has 276 valence electrons. The highest BCUT2D eigenvalue weighted by Crippen LogP contribution is 2.54. The Bertz CT molecular complexity index is 1250. The summed E-state index contributed by atoms with van der Waals surface area (Å²) < 4.78 is 24.6. The van der Waals surface area contributed by atoms with E-state index in [4.69, 9.17) is 18.9 Å². The number of amides is 2. The lowest BCUT2D eigenvalue weighted by atomic mass is 9.57. The molecule has 4 atom stereocenters. The largest absolute Gasteiger partial charge is 0.494 e. The third kappa shape index (κ3) is 8.71. The molecule has 2 amide bonds. The van der Waals surface area contributed by atoms with Crippen molar-refractivity contribution in [2.24, 2.45) is 10.8 Å². The molecular formula is C42H62N2O6. The number of nitrogens with zero attached hydrogens (tertiary/aromatic N) is 2. The average molecular weight is 691 g/mol. The van der Waals surface area contributed by atoms with Crippen molar-refractivity contribution in [1.82, 2.24) is 9.80 Å². The summed E-state index contributed by atoms with van der Waals surface area (Å²) in [5, 5.41) is 0. The normalized spacial score (nSPS) is 24.3. The molecule has 1 saturated carbocycles. The first kappa shape index (κ1) is 37.8. The molecule has 6 fully saturated rings. The molecule has 1 aliphatic carbocycles. The molecule has 5 saturated heterocycles. The monoisotopic (exact) mass is 690 g/mol. The van der Waals surface area contributed by atoms with Crippen LogP contribution in [0.4, 0.5) is 0 Å². The van der Waals surface area contributed by atoms with Crippen LogP contribution in [0.15, 0.2) is 48.5 Å². The first-order chi connectivity index (χ1) is 24.3. The number of carbonyl (C=O) groups is 2. The molecule has 0 N–H and O–H groups in total. The molecule has 8 heteroatoms. The smallest absolute Gasteiger partial charge is 0.234 e. The molecule has 0 radical (unpaired) electrons. The summed E-state index contributed by atoms with van der Waals surface area (Å²) in [5.74, 6) is 3.20. The molecule has 6 aliphatic rings. The van der Waals surface area contributed by atoms with Gasteiger partial charge in [-0.05, 0) is 87.1 Å². The van der Waals surface area contributed by atoms with E-state index >= 15 is 0 Å². The second-order valence-corrected chi connectivity index (χ2v) is 15.0. The zero-order valence-electron chi connectivity index (χ0n) is 31.3. The van der Waals surface area contributed by atoms with E-state index < -0.39 is 10.8 Å². The lowest BCUT2D eigenvalue weighted by Crippen LogP contribution is -2.75. The summed E-state index contributed by atoms with van der Waals surface area (Å²) >= 11 is 0. The molecular weight excluding hydrogens is 628 g/mol. The van der Waals surface area contributed by atoms with Crippen molar-refractivity contribution in [3.63, 3.8) is 0 Å². The maximum absolute atomic E-state index is 14.3. The fourth-order valence-corrected chi connectivity index (χ4v) is 8.58. The Morgan fingerprint density at radius 1 is 0.520 bits per heavy atom. The van der Waals surface area contributed by atoms with Crippen molar-refractivity contribution in [1.29, 1.82) is 0 Å². The summed E-state index contributed by atoms with van der Waals surface area (Å²) in [6.45, 7) is 6.37. The number of rotatable bonds is 22. The predicted octanol–water partition coefficient (Wildman–Crippen LogP) is 8.85. The highest BCUT2D eigenvalue weighted by atomic mass is 16.5. The van der Waals surface area contributed by atoms with Gasteiger partial charge in [-0.1, -0.05) is 78.1 Å². The zero-order chi connectivity index (χ0) is 35.4. The van der Waals surface area contributed by atoms with Gasteiger partial charge in [0.15, 0.2) is 0 Å². The van der Waals surface area contributed by atoms with Crippen LogP contribution in [0, 0.1) is 10.8 Å². The van der Waals surface area contributed by atoms with Gasteiger partial charge >= 0.3 is 0 Å². The minimum atomic E-state index is -0.790. The van der Waals surface area contributed by atoms with E-state index in [1.165, 1.54) is 64.2 Å². The number of ether oxygens (including phenoxy) is 4. The van der Waals surface area contributed by atoms with Crippen molar-refractivity contribution in [2.45, 2.75) is 129 Å². The van der Waals surface area contributed by atoms with E-state index in [1.807, 2.05) is 72.4 Å². The van der Waals surface area contributed by atoms with Gasteiger partial charge in [0.25, 0.3) is 0 Å². The SMILES string of the molecule is CCCCCCCCOc1ccc(OC[C@@]23CC[C@@H](N(C)C2=O)[C@@]2(COc4ccc(OCCCCCCCC)cc4)CC[C@@H]3N(C)C2=O)cc1. The van der Waals surface area contributed by atoms with Gasteiger partial charge in [0.2, 0.25) is 11.8 Å². The zero-order valence-corrected chi connectivity index (χ0v) is 31.3. The minimum Gasteiger partial charge on any atom is -0.494 e. The van der Waals surface area contributed by atoms with Crippen LogP contribution in [0.5, 0.6) is 23.0 Å². The van der Waals surface area contributed by atoms with Gasteiger partial charge in [-0.3, -0.25) is 9.59 Å². The molecule has 8 rings (SSSR count). The highest BCUT2D eigenvalue weighted by molar-refractivity contribution is 5.92. The van der Waals surface area contributed by atoms with Crippen molar-refractivity contribution in [2.75, 3.05) is 40.5 Å². The Kier molecular flexibility index (Phi) is 13.8. The topological polar surface area (TPSA) is 77.5 Å². The quantitative estimate of drug-likeness (QED) is 0.115. The number of benzene rings is 2. The van der Waals surface area contributed by atoms with Gasteiger partial charge in [0.05, 0.1) is 13.2 Å². The molecule has 8 nitrogen and oxygen atoms in total. The molecule has 4 bridgehead atoms. The Labute approximate surface area is 301 Å². The number of carbonyl (C=O) groups excluding carboxylic acids is 2. The third-order valence-electron chi connectivity index (χ3n) is 11.6.